The van der Waals surface area contributed by atoms with Crippen LogP contribution in [-0.4, -0.2) is 20.0 Å². The lowest BCUT2D eigenvalue weighted by atomic mass is 10.1. The van der Waals surface area contributed by atoms with Gasteiger partial charge in [0, 0.05) is 27.1 Å². The van der Waals surface area contributed by atoms with Crippen molar-refractivity contribution >= 4 is 28.5 Å². The predicted octanol–water partition coefficient (Wildman–Crippen LogP) is 6.59. The molecular weight excluding hydrogens is 400 g/mol. The summed E-state index contributed by atoms with van der Waals surface area (Å²) >= 11 is 3.28. The second-order valence-electron chi connectivity index (χ2n) is 6.51. The van der Waals surface area contributed by atoms with Gasteiger partial charge in [0.05, 0.1) is 19.1 Å². The van der Waals surface area contributed by atoms with Crippen LogP contribution in [0, 0.1) is 0 Å². The number of ether oxygens (including phenoxy) is 2. The maximum atomic E-state index is 12.8. The summed E-state index contributed by atoms with van der Waals surface area (Å²) in [6.45, 7) is 0. The van der Waals surface area contributed by atoms with E-state index in [1.165, 1.54) is 15.3 Å². The van der Waals surface area contributed by atoms with E-state index < -0.39 is 0 Å². The molecule has 0 radical (unpaired) electrons. The Balaban J connectivity index is 1.52. The molecule has 0 atom stereocenters. The van der Waals surface area contributed by atoms with Gasteiger partial charge in [-0.2, -0.15) is 0 Å². The van der Waals surface area contributed by atoms with E-state index in [0.717, 1.165) is 15.3 Å². The van der Waals surface area contributed by atoms with Gasteiger partial charge >= 0.3 is 0 Å². The maximum Gasteiger partial charge on any atom is 0.177 e. The fraction of sp³-hybridized carbons (Fsp3) is 0.125. The first-order valence-electron chi connectivity index (χ1n) is 9.17. The molecule has 0 spiro atoms. The predicted molar refractivity (Wildman–Crippen MR) is 121 cm³/mol. The van der Waals surface area contributed by atoms with Gasteiger partial charge in [0.15, 0.2) is 5.78 Å². The lowest BCUT2D eigenvalue weighted by Crippen LogP contribution is -2.02. The first-order valence-corrected chi connectivity index (χ1v) is 10.8. The van der Waals surface area contributed by atoms with Crippen molar-refractivity contribution < 1.29 is 14.3 Å². The van der Waals surface area contributed by atoms with Crippen molar-refractivity contribution in [3.05, 3.63) is 83.2 Å². The fourth-order valence-corrected chi connectivity index (χ4v) is 5.13. The summed E-state index contributed by atoms with van der Waals surface area (Å²) in [5, 5.41) is 0. The van der Waals surface area contributed by atoms with Crippen LogP contribution >= 0.6 is 22.7 Å². The van der Waals surface area contributed by atoms with Crippen molar-refractivity contribution in [3.8, 4) is 31.7 Å². The van der Waals surface area contributed by atoms with Crippen LogP contribution in [-0.2, 0) is 6.42 Å². The van der Waals surface area contributed by atoms with E-state index in [4.69, 9.17) is 9.47 Å². The van der Waals surface area contributed by atoms with Gasteiger partial charge < -0.3 is 9.47 Å². The highest BCUT2D eigenvalue weighted by molar-refractivity contribution is 7.24. The molecule has 5 heteroatoms. The molecule has 2 heterocycles. The lowest BCUT2D eigenvalue weighted by molar-refractivity contribution is 0.0997. The Morgan fingerprint density at radius 3 is 2.07 bits per heavy atom. The number of thiophene rings is 2. The number of ketones is 1. The van der Waals surface area contributed by atoms with Crippen molar-refractivity contribution in [2.75, 3.05) is 14.2 Å². The zero-order valence-electron chi connectivity index (χ0n) is 16.2. The number of rotatable bonds is 7. The van der Waals surface area contributed by atoms with E-state index in [9.17, 15) is 4.79 Å². The average Bonchev–Trinajstić information content (AvgIpc) is 3.44. The minimum absolute atomic E-state index is 0.0939. The summed E-state index contributed by atoms with van der Waals surface area (Å²) < 4.78 is 10.6. The average molecular weight is 421 g/mol. The molecule has 0 aliphatic heterocycles. The third kappa shape index (κ3) is 4.42. The zero-order chi connectivity index (χ0) is 20.2. The molecule has 0 fully saturated rings. The molecule has 146 valence electrons. The highest BCUT2D eigenvalue weighted by atomic mass is 32.1. The normalized spacial score (nSPS) is 10.7. The number of benzene rings is 2. The van der Waals surface area contributed by atoms with Crippen molar-refractivity contribution in [3.63, 3.8) is 0 Å². The van der Waals surface area contributed by atoms with E-state index >= 15 is 0 Å². The topological polar surface area (TPSA) is 35.5 Å². The Morgan fingerprint density at radius 2 is 1.38 bits per heavy atom. The molecule has 2 aromatic carbocycles. The molecule has 0 N–H and O–H groups in total. The number of Topliss-reactive ketones (excluding diaryl/α,β-unsaturated/α-hetero) is 1. The SMILES string of the molecule is COc1cc(CC(=O)c2ccc(-c3ccc(-c4ccccc4)s3)s2)cc(OC)c1. The van der Waals surface area contributed by atoms with Gasteiger partial charge in [-0.1, -0.05) is 30.3 Å². The molecule has 3 nitrogen and oxygen atoms in total. The smallest absolute Gasteiger partial charge is 0.177 e. The minimum Gasteiger partial charge on any atom is -0.497 e. The van der Waals surface area contributed by atoms with Gasteiger partial charge in [-0.15, -0.1) is 22.7 Å². The molecule has 2 aromatic heterocycles. The standard InChI is InChI=1S/C24H20O3S2/c1-26-18-12-16(13-19(15-18)27-2)14-20(25)22-9-11-24(29-22)23-10-8-21(28-23)17-6-4-3-5-7-17/h3-13,15H,14H2,1-2H3. The Kier molecular flexibility index (Phi) is 5.79. The van der Waals surface area contributed by atoms with E-state index in [-0.39, 0.29) is 5.78 Å². The van der Waals surface area contributed by atoms with Crippen LogP contribution in [0.4, 0.5) is 0 Å². The highest BCUT2D eigenvalue weighted by Gasteiger charge is 2.14. The fourth-order valence-electron chi connectivity index (χ4n) is 3.09. The third-order valence-electron chi connectivity index (χ3n) is 4.56. The van der Waals surface area contributed by atoms with Crippen molar-refractivity contribution in [1.29, 1.82) is 0 Å². The van der Waals surface area contributed by atoms with E-state index in [1.807, 2.05) is 42.5 Å². The van der Waals surface area contributed by atoms with E-state index in [2.05, 4.69) is 24.3 Å². The van der Waals surface area contributed by atoms with Gasteiger partial charge in [-0.05, 0) is 47.5 Å². The van der Waals surface area contributed by atoms with Crippen LogP contribution in [0.25, 0.3) is 20.2 Å². The van der Waals surface area contributed by atoms with Crippen molar-refractivity contribution in [2.24, 2.45) is 0 Å². The van der Waals surface area contributed by atoms with E-state index in [1.54, 1.807) is 43.0 Å². The molecule has 0 aliphatic rings. The van der Waals surface area contributed by atoms with Gasteiger partial charge in [-0.25, -0.2) is 0 Å². The Bertz CT molecular complexity index is 1100. The molecule has 29 heavy (non-hydrogen) atoms. The molecular formula is C24H20O3S2. The summed E-state index contributed by atoms with van der Waals surface area (Å²) in [5.74, 6) is 1.47. The first kappa shape index (κ1) is 19.4. The number of hydrogen-bond acceptors (Lipinski definition) is 5. The number of hydrogen-bond donors (Lipinski definition) is 0. The molecule has 0 bridgehead atoms. The van der Waals surface area contributed by atoms with Crippen molar-refractivity contribution in [1.82, 2.24) is 0 Å². The molecule has 0 unspecified atom stereocenters. The van der Waals surface area contributed by atoms with Crippen LogP contribution in [0.15, 0.2) is 72.8 Å². The lowest BCUT2D eigenvalue weighted by Gasteiger charge is -2.07. The second-order valence-corrected chi connectivity index (χ2v) is 8.68. The Hall–Kier alpha value is -2.89. The third-order valence-corrected chi connectivity index (χ3v) is 7.02. The summed E-state index contributed by atoms with van der Waals surface area (Å²) in [4.78, 5) is 17.1. The van der Waals surface area contributed by atoms with Crippen LogP contribution in [0.5, 0.6) is 11.5 Å². The number of methoxy groups -OCH3 is 2. The molecule has 0 aliphatic carbocycles. The Morgan fingerprint density at radius 1 is 0.759 bits per heavy atom. The molecule has 4 rings (SSSR count). The van der Waals surface area contributed by atoms with Gasteiger partial charge in [0.2, 0.25) is 0 Å². The Labute approximate surface area is 178 Å². The van der Waals surface area contributed by atoms with E-state index in [0.29, 0.717) is 17.9 Å². The van der Waals surface area contributed by atoms with Crippen LogP contribution < -0.4 is 9.47 Å². The summed E-state index contributed by atoms with van der Waals surface area (Å²) in [6, 6.07) is 24.1. The van der Waals surface area contributed by atoms with Crippen LogP contribution in [0.2, 0.25) is 0 Å². The molecule has 0 saturated heterocycles. The highest BCUT2D eigenvalue weighted by Crippen LogP contribution is 2.38. The van der Waals surface area contributed by atoms with Gasteiger partial charge in [0.1, 0.15) is 11.5 Å². The monoisotopic (exact) mass is 420 g/mol. The maximum absolute atomic E-state index is 12.8. The quantitative estimate of drug-likeness (QED) is 0.317. The van der Waals surface area contributed by atoms with Crippen molar-refractivity contribution in [2.45, 2.75) is 6.42 Å². The molecule has 4 aromatic rings. The molecule has 0 amide bonds. The van der Waals surface area contributed by atoms with Crippen LogP contribution in [0.3, 0.4) is 0 Å². The zero-order valence-corrected chi connectivity index (χ0v) is 17.8. The first-order chi connectivity index (χ1) is 14.2. The summed E-state index contributed by atoms with van der Waals surface area (Å²) in [7, 11) is 3.22. The number of carbonyl (C=O) groups excluding carboxylic acids is 1. The van der Waals surface area contributed by atoms with Crippen LogP contribution in [0.1, 0.15) is 15.2 Å². The second kappa shape index (κ2) is 8.64. The minimum atomic E-state index is 0.0939. The summed E-state index contributed by atoms with van der Waals surface area (Å²) in [5.41, 5.74) is 2.09. The van der Waals surface area contributed by atoms with Gasteiger partial charge in [0.25, 0.3) is 0 Å². The largest absolute Gasteiger partial charge is 0.497 e. The van der Waals surface area contributed by atoms with Gasteiger partial charge in [-0.3, -0.25) is 4.79 Å². The summed E-state index contributed by atoms with van der Waals surface area (Å²) in [6.07, 6.45) is 0.313. The molecule has 0 saturated carbocycles. The number of carbonyl (C=O) groups is 1.